The standard InChI is InChI=1S/C11H21NO2/c1-3-4-5-9(2)6-7-10(8-12)11(13)14/h4-5,9-10H,3,6-8,12H2,1-2H3,(H,13,14). The van der Waals surface area contributed by atoms with E-state index in [9.17, 15) is 4.79 Å². The first kappa shape index (κ1) is 13.2. The average Bonchev–Trinajstić information content (AvgIpc) is 2.15. The molecule has 14 heavy (non-hydrogen) atoms. The molecule has 0 aromatic carbocycles. The molecule has 0 saturated heterocycles. The maximum atomic E-state index is 10.7. The minimum Gasteiger partial charge on any atom is -0.481 e. The van der Waals surface area contributed by atoms with Gasteiger partial charge in [-0.1, -0.05) is 26.0 Å². The Kier molecular flexibility index (Phi) is 7.11. The summed E-state index contributed by atoms with van der Waals surface area (Å²) in [5.74, 6) is -0.713. The SMILES string of the molecule is CCC=CC(C)CCC(CN)C(=O)O. The maximum Gasteiger partial charge on any atom is 0.307 e. The van der Waals surface area contributed by atoms with Crippen LogP contribution in [0.1, 0.15) is 33.1 Å². The van der Waals surface area contributed by atoms with Gasteiger partial charge in [-0.2, -0.15) is 0 Å². The summed E-state index contributed by atoms with van der Waals surface area (Å²) in [5, 5.41) is 8.76. The van der Waals surface area contributed by atoms with Crippen LogP contribution in [0.15, 0.2) is 12.2 Å². The molecule has 0 bridgehead atoms. The number of aliphatic carboxylic acids is 1. The van der Waals surface area contributed by atoms with E-state index in [2.05, 4.69) is 26.0 Å². The fourth-order valence-corrected chi connectivity index (χ4v) is 1.27. The Morgan fingerprint density at radius 3 is 2.57 bits per heavy atom. The minimum absolute atomic E-state index is 0.236. The molecule has 3 heteroatoms. The van der Waals surface area contributed by atoms with Gasteiger partial charge in [-0.05, 0) is 25.2 Å². The molecule has 0 rings (SSSR count). The van der Waals surface area contributed by atoms with Crippen molar-refractivity contribution in [1.82, 2.24) is 0 Å². The van der Waals surface area contributed by atoms with Crippen molar-refractivity contribution in [1.29, 1.82) is 0 Å². The van der Waals surface area contributed by atoms with E-state index in [1.54, 1.807) is 0 Å². The molecule has 2 atom stereocenters. The molecule has 3 N–H and O–H groups in total. The lowest BCUT2D eigenvalue weighted by molar-refractivity contribution is -0.141. The van der Waals surface area contributed by atoms with Crippen molar-refractivity contribution in [2.75, 3.05) is 6.54 Å². The van der Waals surface area contributed by atoms with Gasteiger partial charge in [0, 0.05) is 6.54 Å². The summed E-state index contributed by atoms with van der Waals surface area (Å²) < 4.78 is 0. The zero-order chi connectivity index (χ0) is 11.0. The first-order chi connectivity index (χ1) is 6.61. The van der Waals surface area contributed by atoms with Crippen LogP contribution in [0, 0.1) is 11.8 Å². The molecule has 0 saturated carbocycles. The first-order valence-electron chi connectivity index (χ1n) is 5.21. The van der Waals surface area contributed by atoms with Crippen molar-refractivity contribution < 1.29 is 9.90 Å². The summed E-state index contributed by atoms with van der Waals surface area (Å²) in [5.41, 5.74) is 5.36. The molecule has 0 radical (unpaired) electrons. The number of carboxylic acid groups (broad SMARTS) is 1. The monoisotopic (exact) mass is 199 g/mol. The summed E-state index contributed by atoms with van der Waals surface area (Å²) in [6.07, 6.45) is 6.84. The van der Waals surface area contributed by atoms with Crippen LogP contribution in [0.4, 0.5) is 0 Å². The second-order valence-electron chi connectivity index (χ2n) is 3.66. The molecular formula is C11H21NO2. The number of carboxylic acids is 1. The molecule has 0 heterocycles. The quantitative estimate of drug-likeness (QED) is 0.617. The Morgan fingerprint density at radius 1 is 1.50 bits per heavy atom. The average molecular weight is 199 g/mol. The van der Waals surface area contributed by atoms with E-state index in [1.165, 1.54) is 0 Å². The Morgan fingerprint density at radius 2 is 2.14 bits per heavy atom. The van der Waals surface area contributed by atoms with Crippen molar-refractivity contribution in [3.05, 3.63) is 12.2 Å². The normalized spacial score (nSPS) is 15.6. The van der Waals surface area contributed by atoms with E-state index in [0.717, 1.165) is 12.8 Å². The Balaban J connectivity index is 3.79. The van der Waals surface area contributed by atoms with Gasteiger partial charge in [-0.25, -0.2) is 0 Å². The van der Waals surface area contributed by atoms with Crippen LogP contribution in [0.3, 0.4) is 0 Å². The minimum atomic E-state index is -0.779. The summed E-state index contributed by atoms with van der Waals surface area (Å²) in [6.45, 7) is 4.42. The van der Waals surface area contributed by atoms with Gasteiger partial charge in [0.25, 0.3) is 0 Å². The Bertz CT molecular complexity index is 190. The summed E-state index contributed by atoms with van der Waals surface area (Å²) in [4.78, 5) is 10.7. The van der Waals surface area contributed by atoms with Crippen LogP contribution < -0.4 is 5.73 Å². The molecule has 0 spiro atoms. The highest BCUT2D eigenvalue weighted by atomic mass is 16.4. The number of hydrogen-bond donors (Lipinski definition) is 2. The van der Waals surface area contributed by atoms with Gasteiger partial charge in [0.2, 0.25) is 0 Å². The smallest absolute Gasteiger partial charge is 0.307 e. The van der Waals surface area contributed by atoms with Gasteiger partial charge < -0.3 is 10.8 Å². The van der Waals surface area contributed by atoms with Crippen molar-refractivity contribution in [3.8, 4) is 0 Å². The number of rotatable bonds is 7. The van der Waals surface area contributed by atoms with E-state index in [4.69, 9.17) is 10.8 Å². The second kappa shape index (κ2) is 7.56. The van der Waals surface area contributed by atoms with Gasteiger partial charge >= 0.3 is 5.97 Å². The van der Waals surface area contributed by atoms with E-state index < -0.39 is 5.97 Å². The van der Waals surface area contributed by atoms with E-state index in [1.807, 2.05) is 0 Å². The second-order valence-corrected chi connectivity index (χ2v) is 3.66. The number of nitrogens with two attached hydrogens (primary N) is 1. The van der Waals surface area contributed by atoms with Gasteiger partial charge in [0.05, 0.1) is 5.92 Å². The highest BCUT2D eigenvalue weighted by Gasteiger charge is 2.15. The van der Waals surface area contributed by atoms with Gasteiger partial charge in [-0.15, -0.1) is 0 Å². The van der Waals surface area contributed by atoms with Crippen molar-refractivity contribution in [2.45, 2.75) is 33.1 Å². The third kappa shape index (κ3) is 5.75. The van der Waals surface area contributed by atoms with Crippen molar-refractivity contribution in [3.63, 3.8) is 0 Å². The molecule has 0 fully saturated rings. The molecule has 82 valence electrons. The topological polar surface area (TPSA) is 63.3 Å². The third-order valence-electron chi connectivity index (χ3n) is 2.30. The fraction of sp³-hybridized carbons (Fsp3) is 0.727. The maximum absolute atomic E-state index is 10.7. The Labute approximate surface area is 86.0 Å². The number of carbonyl (C=O) groups is 1. The zero-order valence-corrected chi connectivity index (χ0v) is 9.07. The van der Waals surface area contributed by atoms with Crippen LogP contribution in [-0.4, -0.2) is 17.6 Å². The van der Waals surface area contributed by atoms with Crippen LogP contribution in [-0.2, 0) is 4.79 Å². The van der Waals surface area contributed by atoms with Gasteiger partial charge in [0.15, 0.2) is 0 Å². The molecular weight excluding hydrogens is 178 g/mol. The predicted octanol–water partition coefficient (Wildman–Crippen LogP) is 2.03. The van der Waals surface area contributed by atoms with Gasteiger partial charge in [0.1, 0.15) is 0 Å². The molecule has 3 nitrogen and oxygen atoms in total. The van der Waals surface area contributed by atoms with Crippen LogP contribution in [0.5, 0.6) is 0 Å². The summed E-state index contributed by atoms with van der Waals surface area (Å²) in [7, 11) is 0. The lowest BCUT2D eigenvalue weighted by Gasteiger charge is -2.11. The lowest BCUT2D eigenvalue weighted by atomic mass is 9.96. The fourth-order valence-electron chi connectivity index (χ4n) is 1.27. The summed E-state index contributed by atoms with van der Waals surface area (Å²) in [6, 6.07) is 0. The van der Waals surface area contributed by atoms with Crippen molar-refractivity contribution >= 4 is 5.97 Å². The zero-order valence-electron chi connectivity index (χ0n) is 9.07. The van der Waals surface area contributed by atoms with Crippen LogP contribution >= 0.6 is 0 Å². The third-order valence-corrected chi connectivity index (χ3v) is 2.30. The molecule has 0 aliphatic rings. The summed E-state index contributed by atoms with van der Waals surface area (Å²) >= 11 is 0. The number of allylic oxidation sites excluding steroid dienone is 2. The molecule has 0 amide bonds. The Hall–Kier alpha value is -0.830. The van der Waals surface area contributed by atoms with Crippen LogP contribution in [0.25, 0.3) is 0 Å². The highest BCUT2D eigenvalue weighted by Crippen LogP contribution is 2.13. The van der Waals surface area contributed by atoms with Gasteiger partial charge in [-0.3, -0.25) is 4.79 Å². The highest BCUT2D eigenvalue weighted by molar-refractivity contribution is 5.70. The molecule has 0 aromatic heterocycles. The largest absolute Gasteiger partial charge is 0.481 e. The van der Waals surface area contributed by atoms with E-state index in [0.29, 0.717) is 12.3 Å². The predicted molar refractivity (Wildman–Crippen MR) is 58.0 cm³/mol. The molecule has 0 aromatic rings. The number of hydrogen-bond acceptors (Lipinski definition) is 2. The molecule has 0 aliphatic heterocycles. The molecule has 0 aliphatic carbocycles. The molecule has 2 unspecified atom stereocenters. The first-order valence-corrected chi connectivity index (χ1v) is 5.21. The van der Waals surface area contributed by atoms with Crippen LogP contribution in [0.2, 0.25) is 0 Å². The van der Waals surface area contributed by atoms with E-state index >= 15 is 0 Å². The van der Waals surface area contributed by atoms with Crippen molar-refractivity contribution in [2.24, 2.45) is 17.6 Å². The van der Waals surface area contributed by atoms with E-state index in [-0.39, 0.29) is 12.5 Å². The lowest BCUT2D eigenvalue weighted by Crippen LogP contribution is -2.23.